The Morgan fingerprint density at radius 2 is 1.75 bits per heavy atom. The van der Waals surface area contributed by atoms with E-state index in [0.717, 1.165) is 16.1 Å². The lowest BCUT2D eigenvalue weighted by Crippen LogP contribution is -2.11. The molecule has 2 aromatic carbocycles. The summed E-state index contributed by atoms with van der Waals surface area (Å²) in [5, 5.41) is 1.26. The van der Waals surface area contributed by atoms with Crippen LogP contribution in [0.2, 0.25) is 10.0 Å². The van der Waals surface area contributed by atoms with Gasteiger partial charge in [0.25, 0.3) is 0 Å². The minimum atomic E-state index is -0.113. The molecule has 4 heteroatoms. The molecule has 0 amide bonds. The minimum absolute atomic E-state index is 0.0269. The normalized spacial score (nSPS) is 10.4. The van der Waals surface area contributed by atoms with E-state index in [1.165, 1.54) is 0 Å². The van der Waals surface area contributed by atoms with Gasteiger partial charge in [0.1, 0.15) is 5.75 Å². The maximum atomic E-state index is 12.0. The molecule has 0 radical (unpaired) electrons. The van der Waals surface area contributed by atoms with Crippen LogP contribution in [0.4, 0.5) is 0 Å². The van der Waals surface area contributed by atoms with Gasteiger partial charge < -0.3 is 4.74 Å². The molecule has 0 aromatic heterocycles. The summed E-state index contributed by atoms with van der Waals surface area (Å²) < 4.78 is 5.53. The van der Waals surface area contributed by atoms with E-state index in [-0.39, 0.29) is 12.4 Å². The summed E-state index contributed by atoms with van der Waals surface area (Å²) in [4.78, 5) is 12.0. The van der Waals surface area contributed by atoms with Crippen LogP contribution < -0.4 is 4.74 Å². The van der Waals surface area contributed by atoms with E-state index in [4.69, 9.17) is 27.9 Å². The van der Waals surface area contributed by atoms with Crippen LogP contribution in [0.3, 0.4) is 0 Å². The first-order chi connectivity index (χ1) is 9.47. The first-order valence-corrected chi connectivity index (χ1v) is 6.91. The number of Topliss-reactive ketones (excluding diaryl/α,β-unsaturated/α-hetero) is 1. The largest absolute Gasteiger partial charge is 0.485 e. The molecule has 0 saturated carbocycles. The lowest BCUT2D eigenvalue weighted by atomic mass is 10.1. The zero-order valence-electron chi connectivity index (χ0n) is 11.2. The van der Waals surface area contributed by atoms with Gasteiger partial charge in [-0.1, -0.05) is 35.3 Å². The number of benzene rings is 2. The number of ketones is 1. The van der Waals surface area contributed by atoms with Crippen molar-refractivity contribution in [3.63, 3.8) is 0 Å². The second-order valence-corrected chi connectivity index (χ2v) is 5.41. The molecule has 0 saturated heterocycles. The topological polar surface area (TPSA) is 26.3 Å². The Kier molecular flexibility index (Phi) is 4.69. The highest BCUT2D eigenvalue weighted by molar-refractivity contribution is 6.32. The first-order valence-electron chi connectivity index (χ1n) is 6.15. The molecule has 104 valence electrons. The van der Waals surface area contributed by atoms with Crippen molar-refractivity contribution in [3.8, 4) is 5.75 Å². The molecule has 2 nitrogen and oxygen atoms in total. The van der Waals surface area contributed by atoms with Gasteiger partial charge in [-0.05, 0) is 49.2 Å². The first kappa shape index (κ1) is 14.9. The zero-order valence-corrected chi connectivity index (χ0v) is 12.8. The van der Waals surface area contributed by atoms with Crippen molar-refractivity contribution in [3.05, 3.63) is 63.1 Å². The predicted octanol–water partition coefficient (Wildman–Crippen LogP) is 4.87. The second kappa shape index (κ2) is 6.29. The third kappa shape index (κ3) is 3.53. The Morgan fingerprint density at radius 1 is 1.10 bits per heavy atom. The summed E-state index contributed by atoms with van der Waals surface area (Å²) in [7, 11) is 0. The number of hydrogen-bond acceptors (Lipinski definition) is 2. The fraction of sp³-hybridized carbons (Fsp3) is 0.188. The number of hydrogen-bond donors (Lipinski definition) is 0. The maximum Gasteiger partial charge on any atom is 0.200 e. The van der Waals surface area contributed by atoms with Gasteiger partial charge in [0.15, 0.2) is 12.4 Å². The van der Waals surface area contributed by atoms with Crippen LogP contribution in [0.1, 0.15) is 21.5 Å². The van der Waals surface area contributed by atoms with Crippen LogP contribution in [0, 0.1) is 13.8 Å². The molecule has 0 fully saturated rings. The molecule has 20 heavy (non-hydrogen) atoms. The molecule has 2 aromatic rings. The zero-order chi connectivity index (χ0) is 14.7. The van der Waals surface area contributed by atoms with Gasteiger partial charge in [-0.25, -0.2) is 0 Å². The molecule has 0 spiro atoms. The maximum absolute atomic E-state index is 12.0. The van der Waals surface area contributed by atoms with Crippen molar-refractivity contribution in [2.24, 2.45) is 0 Å². The Labute approximate surface area is 128 Å². The molecule has 2 rings (SSSR count). The van der Waals surface area contributed by atoms with Crippen molar-refractivity contribution in [1.29, 1.82) is 0 Å². The quantitative estimate of drug-likeness (QED) is 0.753. The Bertz CT molecular complexity index is 628. The average Bonchev–Trinajstić information content (AvgIpc) is 2.42. The van der Waals surface area contributed by atoms with Crippen LogP contribution in [0.25, 0.3) is 0 Å². The summed E-state index contributed by atoms with van der Waals surface area (Å²) in [5.41, 5.74) is 2.40. The van der Waals surface area contributed by atoms with E-state index in [9.17, 15) is 4.79 Å². The predicted molar refractivity (Wildman–Crippen MR) is 82.2 cm³/mol. The van der Waals surface area contributed by atoms with E-state index in [0.29, 0.717) is 16.3 Å². The lowest BCUT2D eigenvalue weighted by molar-refractivity contribution is 0.0921. The van der Waals surface area contributed by atoms with Gasteiger partial charge in [-0.3, -0.25) is 4.79 Å². The third-order valence-electron chi connectivity index (χ3n) is 2.93. The van der Waals surface area contributed by atoms with Gasteiger partial charge >= 0.3 is 0 Å². The molecule has 0 unspecified atom stereocenters. The standard InChI is InChI=1S/C16H14Cl2O2/c1-10-6-14(7-11(2)16(10)18)20-9-15(19)12-4-3-5-13(17)8-12/h3-8H,9H2,1-2H3. The number of ether oxygens (including phenoxy) is 1. The molecular weight excluding hydrogens is 295 g/mol. The SMILES string of the molecule is Cc1cc(OCC(=O)c2cccc(Cl)c2)cc(C)c1Cl. The highest BCUT2D eigenvalue weighted by Crippen LogP contribution is 2.26. The second-order valence-electron chi connectivity index (χ2n) is 4.59. The molecule has 0 heterocycles. The van der Waals surface area contributed by atoms with Crippen molar-refractivity contribution < 1.29 is 9.53 Å². The fourth-order valence-corrected chi connectivity index (χ4v) is 2.18. The highest BCUT2D eigenvalue weighted by Gasteiger charge is 2.09. The van der Waals surface area contributed by atoms with Gasteiger partial charge in [0.05, 0.1) is 0 Å². The summed E-state index contributed by atoms with van der Waals surface area (Å²) in [6.45, 7) is 3.78. The summed E-state index contributed by atoms with van der Waals surface area (Å²) in [6, 6.07) is 10.5. The Hall–Kier alpha value is -1.51. The van der Waals surface area contributed by atoms with Gasteiger partial charge in [0.2, 0.25) is 0 Å². The number of halogens is 2. The lowest BCUT2D eigenvalue weighted by Gasteiger charge is -2.09. The molecule has 0 aliphatic carbocycles. The number of carbonyl (C=O) groups excluding carboxylic acids is 1. The van der Waals surface area contributed by atoms with Crippen molar-refractivity contribution >= 4 is 29.0 Å². The van der Waals surface area contributed by atoms with Crippen LogP contribution in [-0.4, -0.2) is 12.4 Å². The van der Waals surface area contributed by atoms with Crippen molar-refractivity contribution in [2.45, 2.75) is 13.8 Å². The fourth-order valence-electron chi connectivity index (χ4n) is 1.88. The average molecular weight is 309 g/mol. The monoisotopic (exact) mass is 308 g/mol. The Morgan fingerprint density at radius 3 is 2.35 bits per heavy atom. The van der Waals surface area contributed by atoms with Crippen LogP contribution >= 0.6 is 23.2 Å². The van der Waals surface area contributed by atoms with Crippen molar-refractivity contribution in [1.82, 2.24) is 0 Å². The van der Waals surface area contributed by atoms with E-state index < -0.39 is 0 Å². The van der Waals surface area contributed by atoms with Gasteiger partial charge in [0, 0.05) is 15.6 Å². The van der Waals surface area contributed by atoms with Crippen LogP contribution in [-0.2, 0) is 0 Å². The number of aryl methyl sites for hydroxylation is 2. The highest BCUT2D eigenvalue weighted by atomic mass is 35.5. The number of rotatable bonds is 4. The molecule has 0 aliphatic heterocycles. The molecule has 0 bridgehead atoms. The van der Waals surface area contributed by atoms with E-state index in [1.807, 2.05) is 26.0 Å². The number of carbonyl (C=O) groups is 1. The molecule has 0 aliphatic rings. The van der Waals surface area contributed by atoms with Crippen LogP contribution in [0.5, 0.6) is 5.75 Å². The Balaban J connectivity index is 2.07. The van der Waals surface area contributed by atoms with E-state index >= 15 is 0 Å². The minimum Gasteiger partial charge on any atom is -0.485 e. The molecule has 0 N–H and O–H groups in total. The van der Waals surface area contributed by atoms with E-state index in [2.05, 4.69) is 0 Å². The smallest absolute Gasteiger partial charge is 0.200 e. The summed E-state index contributed by atoms with van der Waals surface area (Å²) in [5.74, 6) is 0.525. The van der Waals surface area contributed by atoms with Crippen LogP contribution in [0.15, 0.2) is 36.4 Å². The summed E-state index contributed by atoms with van der Waals surface area (Å²) in [6.07, 6.45) is 0. The van der Waals surface area contributed by atoms with Crippen molar-refractivity contribution in [2.75, 3.05) is 6.61 Å². The van der Waals surface area contributed by atoms with E-state index in [1.54, 1.807) is 24.3 Å². The third-order valence-corrected chi connectivity index (χ3v) is 3.76. The van der Waals surface area contributed by atoms with Gasteiger partial charge in [-0.15, -0.1) is 0 Å². The molecule has 0 atom stereocenters. The molecular formula is C16H14Cl2O2. The summed E-state index contributed by atoms with van der Waals surface area (Å²) >= 11 is 11.9. The van der Waals surface area contributed by atoms with Gasteiger partial charge in [-0.2, -0.15) is 0 Å².